The average Bonchev–Trinajstić information content (AvgIpc) is 3.17. The lowest BCUT2D eigenvalue weighted by molar-refractivity contribution is -0.138. The molecule has 2 heterocycles. The number of likely N-dealkylation sites (tertiary alicyclic amines) is 2. The second-order valence-electron chi connectivity index (χ2n) is 8.42. The molecule has 5 nitrogen and oxygen atoms in total. The molecule has 3 fully saturated rings. The molecule has 5 heteroatoms. The number of carbonyl (C=O) groups is 2. The Morgan fingerprint density at radius 3 is 2.40 bits per heavy atom. The van der Waals surface area contributed by atoms with Crippen molar-refractivity contribution < 1.29 is 9.59 Å². The Balaban J connectivity index is 1.52. The van der Waals surface area contributed by atoms with Gasteiger partial charge in [-0.3, -0.25) is 14.5 Å². The van der Waals surface area contributed by atoms with Gasteiger partial charge >= 0.3 is 0 Å². The number of hydrogen-bond donors (Lipinski definition) is 1. The Morgan fingerprint density at radius 2 is 1.68 bits per heavy atom. The minimum atomic E-state index is -0.136. The molecule has 0 spiro atoms. The van der Waals surface area contributed by atoms with Crippen LogP contribution in [0.4, 0.5) is 0 Å². The highest BCUT2D eigenvalue weighted by Gasteiger charge is 2.34. The first-order chi connectivity index (χ1) is 12.1. The van der Waals surface area contributed by atoms with Gasteiger partial charge in [-0.15, -0.1) is 0 Å². The summed E-state index contributed by atoms with van der Waals surface area (Å²) in [4.78, 5) is 29.7. The van der Waals surface area contributed by atoms with Gasteiger partial charge in [0.2, 0.25) is 11.8 Å². The van der Waals surface area contributed by atoms with Crippen molar-refractivity contribution in [3.8, 4) is 0 Å². The van der Waals surface area contributed by atoms with E-state index in [4.69, 9.17) is 0 Å². The summed E-state index contributed by atoms with van der Waals surface area (Å²) < 4.78 is 0. The number of piperidine rings is 1. The molecule has 2 saturated heterocycles. The largest absolute Gasteiger partial charge is 0.352 e. The van der Waals surface area contributed by atoms with Crippen LogP contribution in [0.2, 0.25) is 0 Å². The second kappa shape index (κ2) is 8.52. The first kappa shape index (κ1) is 18.7. The molecule has 0 bridgehead atoms. The summed E-state index contributed by atoms with van der Waals surface area (Å²) in [5, 5.41) is 3.29. The zero-order chi connectivity index (χ0) is 17.8. The summed E-state index contributed by atoms with van der Waals surface area (Å²) in [6.45, 7) is 7.77. The molecule has 1 N–H and O–H groups in total. The quantitative estimate of drug-likeness (QED) is 0.848. The molecule has 1 aliphatic carbocycles. The van der Waals surface area contributed by atoms with Crippen LogP contribution in [0, 0.1) is 11.8 Å². The Hall–Kier alpha value is -1.10. The van der Waals surface area contributed by atoms with Gasteiger partial charge in [0.25, 0.3) is 0 Å². The molecular weight excluding hydrogens is 314 g/mol. The van der Waals surface area contributed by atoms with Crippen LogP contribution in [0.25, 0.3) is 0 Å². The zero-order valence-corrected chi connectivity index (χ0v) is 16.0. The van der Waals surface area contributed by atoms with E-state index < -0.39 is 0 Å². The third-order valence-corrected chi connectivity index (χ3v) is 6.59. The van der Waals surface area contributed by atoms with Crippen molar-refractivity contribution in [3.63, 3.8) is 0 Å². The summed E-state index contributed by atoms with van der Waals surface area (Å²) in [6, 6.07) is 0.193. The Labute approximate surface area is 152 Å². The molecule has 1 saturated carbocycles. The van der Waals surface area contributed by atoms with Crippen LogP contribution in [-0.2, 0) is 9.59 Å². The molecule has 2 aliphatic heterocycles. The molecule has 2 amide bonds. The molecular formula is C20H35N3O2. The molecule has 3 rings (SSSR count). The van der Waals surface area contributed by atoms with Gasteiger partial charge in [0, 0.05) is 25.7 Å². The van der Waals surface area contributed by atoms with Crippen LogP contribution in [0.5, 0.6) is 0 Å². The topological polar surface area (TPSA) is 52.7 Å². The van der Waals surface area contributed by atoms with Crippen molar-refractivity contribution in [2.24, 2.45) is 11.8 Å². The third-order valence-electron chi connectivity index (χ3n) is 6.59. The molecule has 3 aliphatic rings. The van der Waals surface area contributed by atoms with E-state index >= 15 is 0 Å². The smallest absolute Gasteiger partial charge is 0.237 e. The monoisotopic (exact) mass is 349 g/mol. The summed E-state index contributed by atoms with van der Waals surface area (Å²) in [7, 11) is 0. The van der Waals surface area contributed by atoms with Crippen molar-refractivity contribution in [2.75, 3.05) is 26.2 Å². The molecule has 0 radical (unpaired) electrons. The Bertz CT molecular complexity index is 476. The van der Waals surface area contributed by atoms with Gasteiger partial charge in [-0.1, -0.05) is 19.8 Å². The lowest BCUT2D eigenvalue weighted by atomic mass is 9.86. The molecule has 0 unspecified atom stereocenters. The molecule has 4 atom stereocenters. The summed E-state index contributed by atoms with van der Waals surface area (Å²) in [6.07, 6.45) is 9.10. The maximum Gasteiger partial charge on any atom is 0.237 e. The van der Waals surface area contributed by atoms with Crippen LogP contribution in [0.3, 0.4) is 0 Å². The number of amides is 2. The molecule has 142 valence electrons. The zero-order valence-electron chi connectivity index (χ0n) is 16.0. The van der Waals surface area contributed by atoms with E-state index in [0.717, 1.165) is 58.3 Å². The van der Waals surface area contributed by atoms with Crippen molar-refractivity contribution >= 4 is 11.8 Å². The van der Waals surface area contributed by atoms with Crippen LogP contribution in [0.1, 0.15) is 65.2 Å². The average molecular weight is 350 g/mol. The predicted molar refractivity (Wildman–Crippen MR) is 99.1 cm³/mol. The van der Waals surface area contributed by atoms with Crippen LogP contribution >= 0.6 is 0 Å². The van der Waals surface area contributed by atoms with Crippen LogP contribution in [-0.4, -0.2) is 59.9 Å². The fourth-order valence-corrected chi connectivity index (χ4v) is 4.76. The highest BCUT2D eigenvalue weighted by Crippen LogP contribution is 2.25. The van der Waals surface area contributed by atoms with Gasteiger partial charge in [-0.05, 0) is 57.9 Å². The van der Waals surface area contributed by atoms with E-state index in [0.29, 0.717) is 17.9 Å². The SMILES string of the molecule is C[C@@H]1CCCC[C@@H]1NC(=O)[C@H](C)N1CCC[C@@H](C(=O)N2CCCC2)C1. The number of carbonyl (C=O) groups excluding carboxylic acids is 2. The van der Waals surface area contributed by atoms with Gasteiger partial charge in [0.05, 0.1) is 12.0 Å². The summed E-state index contributed by atoms with van der Waals surface area (Å²) >= 11 is 0. The highest BCUT2D eigenvalue weighted by molar-refractivity contribution is 5.82. The van der Waals surface area contributed by atoms with Gasteiger partial charge in [0.1, 0.15) is 0 Å². The normalized spacial score (nSPS) is 32.4. The van der Waals surface area contributed by atoms with Gasteiger partial charge in [-0.2, -0.15) is 0 Å². The second-order valence-corrected chi connectivity index (χ2v) is 8.42. The van der Waals surface area contributed by atoms with E-state index in [1.165, 1.54) is 19.3 Å². The molecule has 0 aromatic rings. The Kier molecular flexibility index (Phi) is 6.37. The van der Waals surface area contributed by atoms with Crippen LogP contribution < -0.4 is 5.32 Å². The molecule has 25 heavy (non-hydrogen) atoms. The fraction of sp³-hybridized carbons (Fsp3) is 0.900. The summed E-state index contributed by atoms with van der Waals surface area (Å²) in [5.41, 5.74) is 0. The number of rotatable bonds is 4. The highest BCUT2D eigenvalue weighted by atomic mass is 16.2. The van der Waals surface area contributed by atoms with E-state index in [2.05, 4.69) is 17.1 Å². The minimum Gasteiger partial charge on any atom is -0.352 e. The summed E-state index contributed by atoms with van der Waals surface area (Å²) in [5.74, 6) is 1.12. The fourth-order valence-electron chi connectivity index (χ4n) is 4.76. The van der Waals surface area contributed by atoms with Gasteiger partial charge in [-0.25, -0.2) is 0 Å². The molecule has 0 aromatic carbocycles. The maximum absolute atomic E-state index is 12.7. The maximum atomic E-state index is 12.7. The first-order valence-corrected chi connectivity index (χ1v) is 10.4. The first-order valence-electron chi connectivity index (χ1n) is 10.4. The number of nitrogens with one attached hydrogen (secondary N) is 1. The van der Waals surface area contributed by atoms with Crippen molar-refractivity contribution in [1.29, 1.82) is 0 Å². The number of hydrogen-bond acceptors (Lipinski definition) is 3. The minimum absolute atomic E-state index is 0.0794. The van der Waals surface area contributed by atoms with E-state index in [9.17, 15) is 9.59 Å². The van der Waals surface area contributed by atoms with Gasteiger partial charge in [0.15, 0.2) is 0 Å². The van der Waals surface area contributed by atoms with Gasteiger partial charge < -0.3 is 10.2 Å². The number of nitrogens with zero attached hydrogens (tertiary/aromatic N) is 2. The van der Waals surface area contributed by atoms with Crippen molar-refractivity contribution in [3.05, 3.63) is 0 Å². The lowest BCUT2D eigenvalue weighted by Gasteiger charge is -2.38. The van der Waals surface area contributed by atoms with Crippen molar-refractivity contribution in [2.45, 2.75) is 77.3 Å². The molecule has 0 aromatic heterocycles. The van der Waals surface area contributed by atoms with E-state index in [-0.39, 0.29) is 17.9 Å². The van der Waals surface area contributed by atoms with Crippen molar-refractivity contribution in [1.82, 2.24) is 15.1 Å². The standard InChI is InChI=1S/C20H35N3O2/c1-15-8-3-4-10-18(15)21-19(24)16(2)23-13-7-9-17(14-23)20(25)22-11-5-6-12-22/h15-18H,3-14H2,1-2H3,(H,21,24)/t15-,16+,17-,18+/m1/s1. The predicted octanol–water partition coefficient (Wildman–Crippen LogP) is 2.40. The lowest BCUT2D eigenvalue weighted by Crippen LogP contribution is -2.54. The van der Waals surface area contributed by atoms with E-state index in [1.54, 1.807) is 0 Å². The van der Waals surface area contributed by atoms with E-state index in [1.807, 2.05) is 11.8 Å². The Morgan fingerprint density at radius 1 is 0.960 bits per heavy atom. The third kappa shape index (κ3) is 4.55. The van der Waals surface area contributed by atoms with Crippen LogP contribution in [0.15, 0.2) is 0 Å².